The molecule has 0 spiro atoms. The predicted molar refractivity (Wildman–Crippen MR) is 80.2 cm³/mol. The monoisotopic (exact) mass is 310 g/mol. The molecule has 1 aliphatic carbocycles. The highest BCUT2D eigenvalue weighted by molar-refractivity contribution is 5.19. The third kappa shape index (κ3) is 3.49. The molecule has 0 unspecified atom stereocenters. The van der Waals surface area contributed by atoms with E-state index in [-0.39, 0.29) is 0 Å². The smallest absolute Gasteiger partial charge is 0.183 e. The summed E-state index contributed by atoms with van der Waals surface area (Å²) in [4.78, 5) is 0. The SMILES string of the molecule is CC[C@H]1CC[C@H](C2COC(c3ccc(F)c(F)c3)OC2)CC1. The Morgan fingerprint density at radius 2 is 1.64 bits per heavy atom. The summed E-state index contributed by atoms with van der Waals surface area (Å²) < 4.78 is 37.8. The zero-order valence-corrected chi connectivity index (χ0v) is 13.1. The summed E-state index contributed by atoms with van der Waals surface area (Å²) in [5.41, 5.74) is 0.548. The maximum Gasteiger partial charge on any atom is 0.183 e. The quantitative estimate of drug-likeness (QED) is 0.795. The van der Waals surface area contributed by atoms with Gasteiger partial charge in [-0.1, -0.05) is 32.3 Å². The van der Waals surface area contributed by atoms with Crippen LogP contribution in [0.25, 0.3) is 0 Å². The molecule has 1 aliphatic heterocycles. The molecular formula is C18H24F2O2. The second-order valence-corrected chi connectivity index (χ2v) is 6.62. The Bertz CT molecular complexity index is 490. The van der Waals surface area contributed by atoms with Gasteiger partial charge < -0.3 is 9.47 Å². The Balaban J connectivity index is 1.53. The van der Waals surface area contributed by atoms with Crippen LogP contribution in [0.2, 0.25) is 0 Å². The molecular weight excluding hydrogens is 286 g/mol. The van der Waals surface area contributed by atoms with E-state index in [4.69, 9.17) is 9.47 Å². The zero-order valence-electron chi connectivity index (χ0n) is 13.1. The van der Waals surface area contributed by atoms with E-state index in [0.717, 1.165) is 18.1 Å². The lowest BCUT2D eigenvalue weighted by atomic mass is 9.75. The topological polar surface area (TPSA) is 18.5 Å². The average molecular weight is 310 g/mol. The minimum Gasteiger partial charge on any atom is -0.348 e. The van der Waals surface area contributed by atoms with Crippen molar-refractivity contribution in [1.29, 1.82) is 0 Å². The normalized spacial score (nSPS) is 32.9. The lowest BCUT2D eigenvalue weighted by Gasteiger charge is -2.37. The van der Waals surface area contributed by atoms with Crippen LogP contribution in [0.3, 0.4) is 0 Å². The number of rotatable bonds is 3. The second-order valence-electron chi connectivity index (χ2n) is 6.62. The summed E-state index contributed by atoms with van der Waals surface area (Å²) in [6, 6.07) is 3.80. The van der Waals surface area contributed by atoms with Crippen LogP contribution in [0.5, 0.6) is 0 Å². The lowest BCUT2D eigenvalue weighted by Crippen LogP contribution is -2.34. The van der Waals surface area contributed by atoms with Crippen LogP contribution in [0.4, 0.5) is 8.78 Å². The summed E-state index contributed by atoms with van der Waals surface area (Å²) in [5.74, 6) is 0.291. The molecule has 0 N–H and O–H groups in total. The van der Waals surface area contributed by atoms with Crippen molar-refractivity contribution in [3.05, 3.63) is 35.4 Å². The first-order valence-electron chi connectivity index (χ1n) is 8.35. The molecule has 2 aliphatic rings. The van der Waals surface area contributed by atoms with Gasteiger partial charge in [-0.25, -0.2) is 8.78 Å². The standard InChI is InChI=1S/C18H24F2O2/c1-2-12-3-5-13(6-4-12)15-10-21-18(22-11-15)14-7-8-16(19)17(20)9-14/h7-9,12-13,15,18H,2-6,10-11H2,1H3/t12-,13-,15?,18?. The van der Waals surface area contributed by atoms with Gasteiger partial charge in [0.05, 0.1) is 13.2 Å². The van der Waals surface area contributed by atoms with Crippen molar-refractivity contribution in [2.45, 2.75) is 45.3 Å². The minimum absolute atomic E-state index is 0.430. The first kappa shape index (κ1) is 15.9. The molecule has 1 heterocycles. The number of hydrogen-bond donors (Lipinski definition) is 0. The molecule has 0 amide bonds. The first-order chi connectivity index (χ1) is 10.7. The molecule has 1 saturated heterocycles. The van der Waals surface area contributed by atoms with E-state index < -0.39 is 17.9 Å². The number of halogens is 2. The molecule has 0 aromatic heterocycles. The van der Waals surface area contributed by atoms with Gasteiger partial charge >= 0.3 is 0 Å². The minimum atomic E-state index is -0.857. The van der Waals surface area contributed by atoms with Crippen molar-refractivity contribution in [2.75, 3.05) is 13.2 Å². The van der Waals surface area contributed by atoms with Gasteiger partial charge in [0, 0.05) is 11.5 Å². The molecule has 2 fully saturated rings. The van der Waals surface area contributed by atoms with Crippen LogP contribution in [0, 0.1) is 29.4 Å². The van der Waals surface area contributed by atoms with Crippen molar-refractivity contribution in [3.8, 4) is 0 Å². The van der Waals surface area contributed by atoms with Gasteiger partial charge in [0.1, 0.15) is 0 Å². The Morgan fingerprint density at radius 3 is 2.23 bits per heavy atom. The van der Waals surface area contributed by atoms with Crippen LogP contribution in [0.15, 0.2) is 18.2 Å². The van der Waals surface area contributed by atoms with E-state index in [9.17, 15) is 8.78 Å². The Hall–Kier alpha value is -1.00. The summed E-state index contributed by atoms with van der Waals surface area (Å²) >= 11 is 0. The van der Waals surface area contributed by atoms with Gasteiger partial charge in [0.15, 0.2) is 17.9 Å². The predicted octanol–water partition coefficient (Wildman–Crippen LogP) is 4.84. The summed E-state index contributed by atoms with van der Waals surface area (Å²) in [6.07, 6.45) is 5.84. The fourth-order valence-electron chi connectivity index (χ4n) is 3.71. The third-order valence-electron chi connectivity index (χ3n) is 5.27. The summed E-state index contributed by atoms with van der Waals surface area (Å²) in [6.45, 7) is 3.56. The molecule has 0 bridgehead atoms. The van der Waals surface area contributed by atoms with Gasteiger partial charge in [-0.3, -0.25) is 0 Å². The highest BCUT2D eigenvalue weighted by Gasteiger charge is 2.32. The van der Waals surface area contributed by atoms with Gasteiger partial charge in [-0.05, 0) is 36.8 Å². The van der Waals surface area contributed by atoms with E-state index in [1.165, 1.54) is 38.2 Å². The van der Waals surface area contributed by atoms with Gasteiger partial charge in [0.2, 0.25) is 0 Å². The molecule has 0 radical (unpaired) electrons. The molecule has 1 aromatic carbocycles. The number of ether oxygens (including phenoxy) is 2. The van der Waals surface area contributed by atoms with E-state index in [1.54, 1.807) is 0 Å². The number of benzene rings is 1. The van der Waals surface area contributed by atoms with Crippen molar-refractivity contribution in [1.82, 2.24) is 0 Å². The first-order valence-corrected chi connectivity index (χ1v) is 8.35. The molecule has 1 aromatic rings. The lowest BCUT2D eigenvalue weighted by molar-refractivity contribution is -0.214. The fraction of sp³-hybridized carbons (Fsp3) is 0.667. The average Bonchev–Trinajstić information content (AvgIpc) is 2.58. The summed E-state index contributed by atoms with van der Waals surface area (Å²) in [7, 11) is 0. The number of hydrogen-bond acceptors (Lipinski definition) is 2. The molecule has 22 heavy (non-hydrogen) atoms. The van der Waals surface area contributed by atoms with Gasteiger partial charge in [-0.15, -0.1) is 0 Å². The summed E-state index contributed by atoms with van der Waals surface area (Å²) in [5, 5.41) is 0. The molecule has 122 valence electrons. The van der Waals surface area contributed by atoms with Gasteiger partial charge in [-0.2, -0.15) is 0 Å². The molecule has 3 rings (SSSR count). The second kappa shape index (κ2) is 7.05. The van der Waals surface area contributed by atoms with Crippen molar-refractivity contribution in [3.63, 3.8) is 0 Å². The van der Waals surface area contributed by atoms with Crippen LogP contribution in [-0.4, -0.2) is 13.2 Å². The maximum atomic E-state index is 13.3. The van der Waals surface area contributed by atoms with E-state index in [1.807, 2.05) is 0 Å². The van der Waals surface area contributed by atoms with Crippen molar-refractivity contribution >= 4 is 0 Å². The molecule has 2 nitrogen and oxygen atoms in total. The van der Waals surface area contributed by atoms with E-state index >= 15 is 0 Å². The zero-order chi connectivity index (χ0) is 15.5. The largest absolute Gasteiger partial charge is 0.348 e. The molecule has 0 atom stereocenters. The van der Waals surface area contributed by atoms with Gasteiger partial charge in [0.25, 0.3) is 0 Å². The Labute approximate surface area is 130 Å². The van der Waals surface area contributed by atoms with E-state index in [2.05, 4.69) is 6.92 Å². The highest BCUT2D eigenvalue weighted by atomic mass is 19.2. The van der Waals surface area contributed by atoms with Crippen LogP contribution in [0.1, 0.15) is 50.9 Å². The Kier molecular flexibility index (Phi) is 5.09. The highest BCUT2D eigenvalue weighted by Crippen LogP contribution is 2.38. The Morgan fingerprint density at radius 1 is 0.955 bits per heavy atom. The van der Waals surface area contributed by atoms with Crippen molar-refractivity contribution in [2.24, 2.45) is 17.8 Å². The van der Waals surface area contributed by atoms with Crippen LogP contribution >= 0.6 is 0 Å². The molecule has 1 saturated carbocycles. The van der Waals surface area contributed by atoms with E-state index in [0.29, 0.717) is 30.6 Å². The maximum absolute atomic E-state index is 13.3. The van der Waals surface area contributed by atoms with Crippen LogP contribution < -0.4 is 0 Å². The fourth-order valence-corrected chi connectivity index (χ4v) is 3.71. The van der Waals surface area contributed by atoms with Crippen LogP contribution in [-0.2, 0) is 9.47 Å². The van der Waals surface area contributed by atoms with Crippen molar-refractivity contribution < 1.29 is 18.3 Å². The third-order valence-corrected chi connectivity index (χ3v) is 5.27. The molecule has 4 heteroatoms.